The number of benzene rings is 1. The van der Waals surface area contributed by atoms with Gasteiger partial charge in [0.15, 0.2) is 0 Å². The average molecular weight is 253 g/mol. The van der Waals surface area contributed by atoms with Crippen molar-refractivity contribution in [1.29, 1.82) is 0 Å². The van der Waals surface area contributed by atoms with Gasteiger partial charge in [-0.15, -0.1) is 0 Å². The van der Waals surface area contributed by atoms with Gasteiger partial charge in [0.05, 0.1) is 11.2 Å². The molecule has 2 aliphatic carbocycles. The first-order chi connectivity index (χ1) is 9.36. The second-order valence-corrected chi connectivity index (χ2v) is 5.82. The van der Waals surface area contributed by atoms with E-state index in [2.05, 4.69) is 23.6 Å². The molecule has 4 rings (SSSR count). The van der Waals surface area contributed by atoms with Gasteiger partial charge in [0.1, 0.15) is 0 Å². The highest BCUT2D eigenvalue weighted by Crippen LogP contribution is 2.42. The molecule has 3 nitrogen and oxygen atoms in total. The third-order valence-corrected chi connectivity index (χ3v) is 4.48. The van der Waals surface area contributed by atoms with E-state index in [1.165, 1.54) is 59.8 Å². The van der Waals surface area contributed by atoms with Gasteiger partial charge < -0.3 is 5.43 Å². The zero-order valence-electron chi connectivity index (χ0n) is 11.1. The standard InChI is InChI=1S/C16H19N3/c17-19-15-9-14(11-5-6-11)18-16-12-4-2-1-3-10(12)7-8-13(15)16/h7-9,11H,1-6,17H2,(H,18,19). The van der Waals surface area contributed by atoms with Gasteiger partial charge in [0.2, 0.25) is 0 Å². The zero-order chi connectivity index (χ0) is 12.8. The van der Waals surface area contributed by atoms with E-state index in [0.29, 0.717) is 5.92 Å². The fourth-order valence-electron chi connectivity index (χ4n) is 3.25. The summed E-state index contributed by atoms with van der Waals surface area (Å²) in [5.74, 6) is 6.37. The van der Waals surface area contributed by atoms with Crippen molar-refractivity contribution in [2.75, 3.05) is 5.43 Å². The first-order valence-electron chi connectivity index (χ1n) is 7.29. The minimum absolute atomic E-state index is 0.663. The molecule has 3 heteroatoms. The Morgan fingerprint density at radius 3 is 2.79 bits per heavy atom. The normalized spacial score (nSPS) is 18.4. The maximum atomic E-state index is 5.70. The SMILES string of the molecule is NNc1cc(C2CC2)nc2c3c(ccc12)CCCC3. The molecule has 19 heavy (non-hydrogen) atoms. The molecule has 98 valence electrons. The summed E-state index contributed by atoms with van der Waals surface area (Å²) >= 11 is 0. The molecule has 0 unspecified atom stereocenters. The molecule has 0 saturated heterocycles. The number of aromatic nitrogens is 1. The fraction of sp³-hybridized carbons (Fsp3) is 0.438. The molecule has 0 radical (unpaired) electrons. The molecule has 1 aromatic heterocycles. The van der Waals surface area contributed by atoms with E-state index >= 15 is 0 Å². The molecule has 1 saturated carbocycles. The van der Waals surface area contributed by atoms with Crippen LogP contribution in [0.5, 0.6) is 0 Å². The van der Waals surface area contributed by atoms with Crippen LogP contribution in [0.15, 0.2) is 18.2 Å². The number of hydrazine groups is 1. The van der Waals surface area contributed by atoms with Crippen molar-refractivity contribution >= 4 is 16.6 Å². The van der Waals surface area contributed by atoms with Crippen molar-refractivity contribution in [3.05, 3.63) is 35.0 Å². The van der Waals surface area contributed by atoms with Gasteiger partial charge in [-0.3, -0.25) is 10.8 Å². The molecule has 0 atom stereocenters. The molecular weight excluding hydrogens is 234 g/mol. The monoisotopic (exact) mass is 253 g/mol. The van der Waals surface area contributed by atoms with Crippen LogP contribution < -0.4 is 11.3 Å². The average Bonchev–Trinajstić information content (AvgIpc) is 3.30. The van der Waals surface area contributed by atoms with Crippen LogP contribution in [0.2, 0.25) is 0 Å². The summed E-state index contributed by atoms with van der Waals surface area (Å²) in [5.41, 5.74) is 9.25. The lowest BCUT2D eigenvalue weighted by Gasteiger charge is -2.19. The molecule has 0 aliphatic heterocycles. The summed E-state index contributed by atoms with van der Waals surface area (Å²) in [6.07, 6.45) is 7.51. The predicted molar refractivity (Wildman–Crippen MR) is 78.2 cm³/mol. The van der Waals surface area contributed by atoms with E-state index in [1.807, 2.05) is 0 Å². The van der Waals surface area contributed by atoms with E-state index in [-0.39, 0.29) is 0 Å². The van der Waals surface area contributed by atoms with Gasteiger partial charge in [-0.1, -0.05) is 12.1 Å². The van der Waals surface area contributed by atoms with Crippen LogP contribution in [0.4, 0.5) is 5.69 Å². The van der Waals surface area contributed by atoms with Crippen molar-refractivity contribution in [3.63, 3.8) is 0 Å². The van der Waals surface area contributed by atoms with Crippen molar-refractivity contribution in [2.45, 2.75) is 44.4 Å². The van der Waals surface area contributed by atoms with Gasteiger partial charge in [-0.25, -0.2) is 0 Å². The summed E-state index contributed by atoms with van der Waals surface area (Å²) in [5, 5.41) is 1.17. The third kappa shape index (κ3) is 1.80. The molecule has 0 amide bonds. The summed E-state index contributed by atoms with van der Waals surface area (Å²) in [6, 6.07) is 6.57. The molecule has 2 aliphatic rings. The topological polar surface area (TPSA) is 50.9 Å². The number of anilines is 1. The number of nitrogens with zero attached hydrogens (tertiary/aromatic N) is 1. The van der Waals surface area contributed by atoms with E-state index < -0.39 is 0 Å². The lowest BCUT2D eigenvalue weighted by molar-refractivity contribution is 0.688. The molecule has 1 aromatic carbocycles. The van der Waals surface area contributed by atoms with Crippen molar-refractivity contribution in [3.8, 4) is 0 Å². The second kappa shape index (κ2) is 4.20. The highest BCUT2D eigenvalue weighted by Gasteiger charge is 2.26. The first kappa shape index (κ1) is 11.2. The molecule has 1 heterocycles. The molecule has 0 spiro atoms. The maximum absolute atomic E-state index is 5.70. The van der Waals surface area contributed by atoms with E-state index in [0.717, 1.165) is 12.1 Å². The van der Waals surface area contributed by atoms with Gasteiger partial charge >= 0.3 is 0 Å². The van der Waals surface area contributed by atoms with Crippen LogP contribution in [-0.4, -0.2) is 4.98 Å². The second-order valence-electron chi connectivity index (χ2n) is 5.82. The number of pyridine rings is 1. The van der Waals surface area contributed by atoms with E-state index in [1.54, 1.807) is 0 Å². The van der Waals surface area contributed by atoms with Crippen LogP contribution in [0.3, 0.4) is 0 Å². The predicted octanol–water partition coefficient (Wildman–Crippen LogP) is 3.28. The van der Waals surface area contributed by atoms with E-state index in [4.69, 9.17) is 10.8 Å². The smallest absolute Gasteiger partial charge is 0.0761 e. The van der Waals surface area contributed by atoms with Crippen molar-refractivity contribution < 1.29 is 0 Å². The summed E-state index contributed by atoms with van der Waals surface area (Å²) < 4.78 is 0. The lowest BCUT2D eigenvalue weighted by Crippen LogP contribution is -2.10. The summed E-state index contributed by atoms with van der Waals surface area (Å²) in [7, 11) is 0. The Kier molecular flexibility index (Phi) is 2.49. The minimum atomic E-state index is 0.663. The molecule has 2 aromatic rings. The van der Waals surface area contributed by atoms with Gasteiger partial charge in [-0.2, -0.15) is 0 Å². The number of rotatable bonds is 2. The summed E-state index contributed by atoms with van der Waals surface area (Å²) in [4.78, 5) is 4.96. The Hall–Kier alpha value is -1.61. The number of hydrogen-bond acceptors (Lipinski definition) is 3. The van der Waals surface area contributed by atoms with E-state index in [9.17, 15) is 0 Å². The highest BCUT2D eigenvalue weighted by atomic mass is 15.2. The number of nitrogen functional groups attached to an aromatic ring is 1. The quantitative estimate of drug-likeness (QED) is 0.638. The van der Waals surface area contributed by atoms with Gasteiger partial charge in [0, 0.05) is 17.0 Å². The Bertz CT molecular complexity index is 644. The number of aryl methyl sites for hydroxylation is 2. The maximum Gasteiger partial charge on any atom is 0.0761 e. The van der Waals surface area contributed by atoms with Crippen molar-refractivity contribution in [1.82, 2.24) is 4.98 Å². The Morgan fingerprint density at radius 1 is 1.16 bits per heavy atom. The summed E-state index contributed by atoms with van der Waals surface area (Å²) in [6.45, 7) is 0. The fourth-order valence-corrected chi connectivity index (χ4v) is 3.25. The molecule has 0 bridgehead atoms. The van der Waals surface area contributed by atoms with Crippen LogP contribution >= 0.6 is 0 Å². The number of nitrogens with one attached hydrogen (secondary N) is 1. The molecular formula is C16H19N3. The lowest BCUT2D eigenvalue weighted by atomic mass is 9.89. The zero-order valence-corrected chi connectivity index (χ0v) is 11.1. The Labute approximate surface area is 113 Å². The van der Waals surface area contributed by atoms with Gasteiger partial charge in [-0.05, 0) is 55.7 Å². The van der Waals surface area contributed by atoms with Crippen LogP contribution in [-0.2, 0) is 12.8 Å². The third-order valence-electron chi connectivity index (χ3n) is 4.48. The number of nitrogens with two attached hydrogens (primary N) is 1. The first-order valence-corrected chi connectivity index (χ1v) is 7.29. The van der Waals surface area contributed by atoms with Crippen LogP contribution in [0, 0.1) is 0 Å². The van der Waals surface area contributed by atoms with Gasteiger partial charge in [0.25, 0.3) is 0 Å². The number of hydrogen-bond donors (Lipinski definition) is 2. The molecule has 3 N–H and O–H groups in total. The number of fused-ring (bicyclic) bond motifs is 3. The highest BCUT2D eigenvalue weighted by molar-refractivity contribution is 5.94. The Morgan fingerprint density at radius 2 is 2.00 bits per heavy atom. The van der Waals surface area contributed by atoms with Crippen LogP contribution in [0.25, 0.3) is 10.9 Å². The van der Waals surface area contributed by atoms with Crippen LogP contribution in [0.1, 0.15) is 48.4 Å². The molecule has 1 fully saturated rings. The minimum Gasteiger partial charge on any atom is -0.323 e. The largest absolute Gasteiger partial charge is 0.323 e. The Balaban J connectivity index is 2.00. The van der Waals surface area contributed by atoms with Crippen molar-refractivity contribution in [2.24, 2.45) is 5.84 Å².